The van der Waals surface area contributed by atoms with Crippen molar-refractivity contribution in [2.75, 3.05) is 0 Å². The lowest BCUT2D eigenvalue weighted by molar-refractivity contribution is 0.590. The summed E-state index contributed by atoms with van der Waals surface area (Å²) in [4.78, 5) is 0. The molecule has 1 aromatic carbocycles. The third-order valence-electron chi connectivity index (χ3n) is 3.13. The van der Waals surface area contributed by atoms with Crippen molar-refractivity contribution in [2.45, 2.75) is 33.4 Å². The van der Waals surface area contributed by atoms with Crippen LogP contribution in [-0.2, 0) is 6.54 Å². The molecular formula is C14H18FN3. The van der Waals surface area contributed by atoms with Crippen LogP contribution in [-0.4, -0.2) is 9.78 Å². The maximum atomic E-state index is 13.3. The van der Waals surface area contributed by atoms with E-state index in [1.807, 2.05) is 31.5 Å². The second kappa shape index (κ2) is 4.90. The first-order valence-corrected chi connectivity index (χ1v) is 6.09. The molecule has 0 aliphatic carbocycles. The van der Waals surface area contributed by atoms with E-state index < -0.39 is 0 Å². The van der Waals surface area contributed by atoms with Crippen LogP contribution in [0.4, 0.5) is 4.39 Å². The molecule has 0 saturated carbocycles. The molecular weight excluding hydrogens is 229 g/mol. The van der Waals surface area contributed by atoms with Gasteiger partial charge >= 0.3 is 0 Å². The number of halogens is 1. The Morgan fingerprint density at radius 3 is 2.72 bits per heavy atom. The predicted molar refractivity (Wildman–Crippen MR) is 69.8 cm³/mol. The molecule has 4 heteroatoms. The van der Waals surface area contributed by atoms with Crippen LogP contribution in [0.5, 0.6) is 0 Å². The first-order chi connectivity index (χ1) is 8.52. The van der Waals surface area contributed by atoms with Crippen molar-refractivity contribution in [3.8, 4) is 0 Å². The molecule has 0 radical (unpaired) electrons. The lowest BCUT2D eigenvalue weighted by Gasteiger charge is -2.16. The molecule has 0 saturated heterocycles. The fourth-order valence-electron chi connectivity index (χ4n) is 2.17. The van der Waals surface area contributed by atoms with Crippen molar-refractivity contribution < 1.29 is 4.39 Å². The van der Waals surface area contributed by atoms with E-state index in [-0.39, 0.29) is 11.9 Å². The van der Waals surface area contributed by atoms with Crippen LogP contribution in [0.15, 0.2) is 24.3 Å². The summed E-state index contributed by atoms with van der Waals surface area (Å²) in [5, 5.41) is 4.37. The SMILES string of the molecule is CCn1nc(C)cc1C(N)c1cc(F)ccc1C. The second-order valence-electron chi connectivity index (χ2n) is 4.50. The first kappa shape index (κ1) is 12.8. The fraction of sp³-hybridized carbons (Fsp3) is 0.357. The molecule has 3 nitrogen and oxygen atoms in total. The summed E-state index contributed by atoms with van der Waals surface area (Å²) in [6, 6.07) is 6.32. The van der Waals surface area contributed by atoms with Gasteiger partial charge in [-0.2, -0.15) is 5.10 Å². The average Bonchev–Trinajstić information content (AvgIpc) is 2.72. The maximum Gasteiger partial charge on any atom is 0.123 e. The summed E-state index contributed by atoms with van der Waals surface area (Å²) < 4.78 is 15.2. The summed E-state index contributed by atoms with van der Waals surface area (Å²) in [5.74, 6) is -0.259. The van der Waals surface area contributed by atoms with Crippen LogP contribution in [0.25, 0.3) is 0 Å². The second-order valence-corrected chi connectivity index (χ2v) is 4.50. The Balaban J connectivity index is 2.46. The average molecular weight is 247 g/mol. The van der Waals surface area contributed by atoms with E-state index in [0.29, 0.717) is 0 Å². The van der Waals surface area contributed by atoms with Crippen LogP contribution in [0.2, 0.25) is 0 Å². The van der Waals surface area contributed by atoms with E-state index in [0.717, 1.165) is 29.1 Å². The van der Waals surface area contributed by atoms with Crippen molar-refractivity contribution in [3.63, 3.8) is 0 Å². The third-order valence-corrected chi connectivity index (χ3v) is 3.13. The summed E-state index contributed by atoms with van der Waals surface area (Å²) in [5.41, 5.74) is 9.90. The highest BCUT2D eigenvalue weighted by Gasteiger charge is 2.17. The quantitative estimate of drug-likeness (QED) is 0.906. The van der Waals surface area contributed by atoms with Gasteiger partial charge in [-0.1, -0.05) is 6.07 Å². The molecule has 1 aromatic heterocycles. The molecule has 2 rings (SSSR count). The van der Waals surface area contributed by atoms with Gasteiger partial charge in [-0.05, 0) is 50.1 Å². The number of nitrogens with zero attached hydrogens (tertiary/aromatic N) is 2. The Labute approximate surface area is 106 Å². The van der Waals surface area contributed by atoms with Gasteiger partial charge in [0.15, 0.2) is 0 Å². The van der Waals surface area contributed by atoms with Gasteiger partial charge < -0.3 is 5.73 Å². The molecule has 0 spiro atoms. The van der Waals surface area contributed by atoms with Crippen LogP contribution >= 0.6 is 0 Å². The number of hydrogen-bond donors (Lipinski definition) is 1. The fourth-order valence-corrected chi connectivity index (χ4v) is 2.17. The Morgan fingerprint density at radius 1 is 1.33 bits per heavy atom. The Bertz CT molecular complexity index is 560. The smallest absolute Gasteiger partial charge is 0.123 e. The molecule has 0 amide bonds. The van der Waals surface area contributed by atoms with Crippen molar-refractivity contribution in [1.29, 1.82) is 0 Å². The molecule has 1 unspecified atom stereocenters. The van der Waals surface area contributed by atoms with Crippen LogP contribution in [0, 0.1) is 19.7 Å². The number of aromatic nitrogens is 2. The molecule has 2 N–H and O–H groups in total. The molecule has 0 aliphatic rings. The van der Waals surface area contributed by atoms with Gasteiger partial charge in [-0.25, -0.2) is 4.39 Å². The Morgan fingerprint density at radius 2 is 2.06 bits per heavy atom. The number of hydrogen-bond acceptors (Lipinski definition) is 2. The van der Waals surface area contributed by atoms with E-state index in [2.05, 4.69) is 5.10 Å². The van der Waals surface area contributed by atoms with E-state index in [9.17, 15) is 4.39 Å². The van der Waals surface area contributed by atoms with Crippen LogP contribution < -0.4 is 5.73 Å². The highest BCUT2D eigenvalue weighted by atomic mass is 19.1. The van der Waals surface area contributed by atoms with Gasteiger partial charge in [-0.15, -0.1) is 0 Å². The van der Waals surface area contributed by atoms with Gasteiger partial charge in [-0.3, -0.25) is 4.68 Å². The van der Waals surface area contributed by atoms with Gasteiger partial charge in [0, 0.05) is 6.54 Å². The number of aryl methyl sites for hydroxylation is 3. The predicted octanol–water partition coefficient (Wildman–Crippen LogP) is 2.71. The van der Waals surface area contributed by atoms with Gasteiger partial charge in [0.2, 0.25) is 0 Å². The van der Waals surface area contributed by atoms with Gasteiger partial charge in [0.05, 0.1) is 17.4 Å². The van der Waals surface area contributed by atoms with E-state index >= 15 is 0 Å². The zero-order chi connectivity index (χ0) is 13.3. The first-order valence-electron chi connectivity index (χ1n) is 6.09. The third kappa shape index (κ3) is 2.29. The number of benzene rings is 1. The lowest BCUT2D eigenvalue weighted by atomic mass is 9.99. The van der Waals surface area contributed by atoms with E-state index in [1.165, 1.54) is 12.1 Å². The van der Waals surface area contributed by atoms with Gasteiger partial charge in [0.25, 0.3) is 0 Å². The van der Waals surface area contributed by atoms with Crippen LogP contribution in [0.3, 0.4) is 0 Å². The molecule has 96 valence electrons. The van der Waals surface area contributed by atoms with Gasteiger partial charge in [0.1, 0.15) is 5.82 Å². The lowest BCUT2D eigenvalue weighted by Crippen LogP contribution is -2.18. The van der Waals surface area contributed by atoms with Crippen molar-refractivity contribution >= 4 is 0 Å². The summed E-state index contributed by atoms with van der Waals surface area (Å²) >= 11 is 0. The van der Waals surface area contributed by atoms with E-state index in [4.69, 9.17) is 5.73 Å². The zero-order valence-corrected chi connectivity index (χ0v) is 10.9. The number of rotatable bonds is 3. The highest BCUT2D eigenvalue weighted by Crippen LogP contribution is 2.24. The van der Waals surface area contributed by atoms with Crippen molar-refractivity contribution in [1.82, 2.24) is 9.78 Å². The largest absolute Gasteiger partial charge is 0.319 e. The molecule has 1 atom stereocenters. The van der Waals surface area contributed by atoms with E-state index in [1.54, 1.807) is 6.07 Å². The Kier molecular flexibility index (Phi) is 3.48. The minimum Gasteiger partial charge on any atom is -0.319 e. The molecule has 0 aliphatic heterocycles. The number of nitrogens with two attached hydrogens (primary N) is 1. The Hall–Kier alpha value is -1.68. The molecule has 18 heavy (non-hydrogen) atoms. The normalized spacial score (nSPS) is 12.7. The minimum atomic E-state index is -0.346. The summed E-state index contributed by atoms with van der Waals surface area (Å²) in [7, 11) is 0. The summed E-state index contributed by atoms with van der Waals surface area (Å²) in [6.45, 7) is 6.64. The summed E-state index contributed by atoms with van der Waals surface area (Å²) in [6.07, 6.45) is 0. The minimum absolute atomic E-state index is 0.259. The molecule has 1 heterocycles. The molecule has 2 aromatic rings. The molecule has 0 bridgehead atoms. The highest BCUT2D eigenvalue weighted by molar-refractivity contribution is 5.35. The topological polar surface area (TPSA) is 43.8 Å². The zero-order valence-electron chi connectivity index (χ0n) is 10.9. The van der Waals surface area contributed by atoms with Crippen LogP contribution in [0.1, 0.15) is 35.5 Å². The van der Waals surface area contributed by atoms with Crippen molar-refractivity contribution in [2.24, 2.45) is 5.73 Å². The molecule has 0 fully saturated rings. The monoisotopic (exact) mass is 247 g/mol. The van der Waals surface area contributed by atoms with Crippen molar-refractivity contribution in [3.05, 3.63) is 52.6 Å². The maximum absolute atomic E-state index is 13.3. The standard InChI is InChI=1S/C14H18FN3/c1-4-18-13(7-10(3)17-18)14(16)12-8-11(15)6-5-9(12)2/h5-8,14H,4,16H2,1-3H3.